The second-order valence-corrected chi connectivity index (χ2v) is 7.13. The van der Waals surface area contributed by atoms with E-state index in [0.717, 1.165) is 11.1 Å². The number of hydrogen-bond acceptors (Lipinski definition) is 6. The van der Waals surface area contributed by atoms with Crippen molar-refractivity contribution in [1.82, 2.24) is 19.9 Å². The SMILES string of the molecule is Cc1ncnc2c1ccn2[C@H]1C[C@@H](Oc2ccccc2CNC(=O)O)[C@H](O)[C@@H]1O. The number of para-hydroxylation sites is 1. The fraction of sp³-hybridized carbons (Fsp3) is 0.350. The molecule has 152 valence electrons. The van der Waals surface area contributed by atoms with Crippen molar-refractivity contribution in [3.8, 4) is 5.75 Å². The number of rotatable bonds is 5. The summed E-state index contributed by atoms with van der Waals surface area (Å²) in [6, 6.07) is 8.50. The van der Waals surface area contributed by atoms with Crippen molar-refractivity contribution in [2.24, 2.45) is 0 Å². The van der Waals surface area contributed by atoms with Gasteiger partial charge in [0.15, 0.2) is 0 Å². The van der Waals surface area contributed by atoms with E-state index in [-0.39, 0.29) is 6.54 Å². The van der Waals surface area contributed by atoms with E-state index in [4.69, 9.17) is 9.84 Å². The molecule has 0 radical (unpaired) electrons. The Morgan fingerprint density at radius 3 is 2.83 bits per heavy atom. The Balaban J connectivity index is 1.57. The molecule has 2 aromatic heterocycles. The highest BCUT2D eigenvalue weighted by atomic mass is 16.5. The van der Waals surface area contributed by atoms with Crippen molar-refractivity contribution >= 4 is 17.1 Å². The van der Waals surface area contributed by atoms with Gasteiger partial charge in [0.05, 0.1) is 11.7 Å². The Labute approximate surface area is 166 Å². The van der Waals surface area contributed by atoms with Gasteiger partial charge in [-0.05, 0) is 19.1 Å². The number of amides is 1. The Morgan fingerprint density at radius 1 is 1.24 bits per heavy atom. The maximum Gasteiger partial charge on any atom is 0.404 e. The average molecular weight is 398 g/mol. The minimum absolute atomic E-state index is 0.0821. The van der Waals surface area contributed by atoms with E-state index in [1.165, 1.54) is 6.33 Å². The van der Waals surface area contributed by atoms with E-state index in [1.807, 2.05) is 23.8 Å². The smallest absolute Gasteiger partial charge is 0.404 e. The van der Waals surface area contributed by atoms with Crippen molar-refractivity contribution in [2.75, 3.05) is 0 Å². The lowest BCUT2D eigenvalue weighted by Crippen LogP contribution is -2.34. The fourth-order valence-electron chi connectivity index (χ4n) is 3.82. The topological polar surface area (TPSA) is 130 Å². The molecule has 1 aliphatic rings. The second-order valence-electron chi connectivity index (χ2n) is 7.13. The molecule has 4 atom stereocenters. The normalized spacial score (nSPS) is 24.0. The number of aliphatic hydroxyl groups is 2. The predicted octanol–water partition coefficient (Wildman–Crippen LogP) is 1.62. The summed E-state index contributed by atoms with van der Waals surface area (Å²) in [6.45, 7) is 1.97. The number of nitrogens with zero attached hydrogens (tertiary/aromatic N) is 3. The Bertz CT molecular complexity index is 1040. The molecule has 2 heterocycles. The summed E-state index contributed by atoms with van der Waals surface area (Å²) in [5.74, 6) is 0.466. The summed E-state index contributed by atoms with van der Waals surface area (Å²) in [4.78, 5) is 19.3. The molecule has 0 unspecified atom stereocenters. The molecule has 4 rings (SSSR count). The molecule has 29 heavy (non-hydrogen) atoms. The molecule has 3 aromatic rings. The third-order valence-corrected chi connectivity index (χ3v) is 5.35. The van der Waals surface area contributed by atoms with Crippen molar-refractivity contribution in [2.45, 2.75) is 44.2 Å². The molecule has 4 N–H and O–H groups in total. The Morgan fingerprint density at radius 2 is 2.03 bits per heavy atom. The molecule has 1 saturated carbocycles. The summed E-state index contributed by atoms with van der Waals surface area (Å²) in [5, 5.41) is 33.3. The molecular formula is C20H22N4O5. The van der Waals surface area contributed by atoms with Gasteiger partial charge in [0.2, 0.25) is 0 Å². The zero-order valence-corrected chi connectivity index (χ0v) is 15.8. The minimum Gasteiger partial charge on any atom is -0.487 e. The molecule has 1 amide bonds. The summed E-state index contributed by atoms with van der Waals surface area (Å²) in [5.41, 5.74) is 2.18. The van der Waals surface area contributed by atoms with Crippen LogP contribution in [0.25, 0.3) is 11.0 Å². The number of benzene rings is 1. The fourth-order valence-corrected chi connectivity index (χ4v) is 3.82. The summed E-state index contributed by atoms with van der Waals surface area (Å²) >= 11 is 0. The van der Waals surface area contributed by atoms with E-state index in [9.17, 15) is 15.0 Å². The van der Waals surface area contributed by atoms with Gasteiger partial charge in [0.1, 0.15) is 36.0 Å². The maximum atomic E-state index is 10.8. The van der Waals surface area contributed by atoms with Crippen LogP contribution in [0, 0.1) is 6.92 Å². The highest BCUT2D eigenvalue weighted by Crippen LogP contribution is 2.36. The molecule has 1 fully saturated rings. The van der Waals surface area contributed by atoms with E-state index in [2.05, 4.69) is 15.3 Å². The summed E-state index contributed by atoms with van der Waals surface area (Å²) in [6.07, 6.45) is -0.230. The lowest BCUT2D eigenvalue weighted by atomic mass is 10.2. The minimum atomic E-state index is -1.13. The van der Waals surface area contributed by atoms with Gasteiger partial charge in [-0.25, -0.2) is 14.8 Å². The quantitative estimate of drug-likeness (QED) is 0.514. The number of aromatic nitrogens is 3. The lowest BCUT2D eigenvalue weighted by molar-refractivity contribution is -0.0166. The van der Waals surface area contributed by atoms with Crippen LogP contribution in [0.1, 0.15) is 23.7 Å². The molecule has 1 aliphatic carbocycles. The number of hydrogen-bond donors (Lipinski definition) is 4. The summed E-state index contributed by atoms with van der Waals surface area (Å²) in [7, 11) is 0. The van der Waals surface area contributed by atoms with E-state index >= 15 is 0 Å². The highest BCUT2D eigenvalue weighted by Gasteiger charge is 2.44. The van der Waals surface area contributed by atoms with Gasteiger partial charge in [-0.2, -0.15) is 0 Å². The van der Waals surface area contributed by atoms with Gasteiger partial charge in [-0.15, -0.1) is 0 Å². The highest BCUT2D eigenvalue weighted by molar-refractivity contribution is 5.78. The molecule has 9 heteroatoms. The molecular weight excluding hydrogens is 376 g/mol. The van der Waals surface area contributed by atoms with Crippen LogP contribution in [0.15, 0.2) is 42.9 Å². The third-order valence-electron chi connectivity index (χ3n) is 5.35. The van der Waals surface area contributed by atoms with E-state index in [1.54, 1.807) is 24.3 Å². The van der Waals surface area contributed by atoms with Crippen molar-refractivity contribution in [1.29, 1.82) is 0 Å². The molecule has 0 bridgehead atoms. The number of carboxylic acid groups (broad SMARTS) is 1. The molecule has 1 aromatic carbocycles. The van der Waals surface area contributed by atoms with E-state index < -0.39 is 30.4 Å². The molecule has 0 spiro atoms. The zero-order chi connectivity index (χ0) is 20.5. The van der Waals surface area contributed by atoms with Gasteiger partial charge < -0.3 is 29.9 Å². The Hall–Kier alpha value is -3.17. The predicted molar refractivity (Wildman–Crippen MR) is 104 cm³/mol. The van der Waals surface area contributed by atoms with Crippen LogP contribution in [0.4, 0.5) is 4.79 Å². The van der Waals surface area contributed by atoms with Crippen LogP contribution in [0.2, 0.25) is 0 Å². The van der Waals surface area contributed by atoms with Crippen LogP contribution < -0.4 is 10.1 Å². The number of fused-ring (bicyclic) bond motifs is 1. The average Bonchev–Trinajstić information content (AvgIpc) is 3.25. The van der Waals surface area contributed by atoms with Gasteiger partial charge in [0.25, 0.3) is 0 Å². The maximum absolute atomic E-state index is 10.8. The van der Waals surface area contributed by atoms with E-state index in [0.29, 0.717) is 23.4 Å². The molecule has 0 aliphatic heterocycles. The van der Waals surface area contributed by atoms with Crippen molar-refractivity contribution in [3.63, 3.8) is 0 Å². The number of ether oxygens (including phenoxy) is 1. The first kappa shape index (κ1) is 19.2. The first-order valence-electron chi connectivity index (χ1n) is 9.31. The Kier molecular flexibility index (Phi) is 5.08. The first-order valence-corrected chi connectivity index (χ1v) is 9.31. The largest absolute Gasteiger partial charge is 0.487 e. The van der Waals surface area contributed by atoms with Gasteiger partial charge in [-0.3, -0.25) is 0 Å². The summed E-state index contributed by atoms with van der Waals surface area (Å²) < 4.78 is 7.84. The number of nitrogens with one attached hydrogen (secondary N) is 1. The van der Waals surface area contributed by atoms with Crippen LogP contribution in [0.5, 0.6) is 5.75 Å². The van der Waals surface area contributed by atoms with Crippen molar-refractivity contribution < 1.29 is 24.9 Å². The van der Waals surface area contributed by atoms with Crippen LogP contribution in [0.3, 0.4) is 0 Å². The first-order chi connectivity index (χ1) is 14.0. The van der Waals surface area contributed by atoms with Gasteiger partial charge in [0, 0.05) is 30.1 Å². The second kappa shape index (κ2) is 7.69. The molecule has 0 saturated heterocycles. The number of aryl methyl sites for hydroxylation is 1. The standard InChI is InChI=1S/C20H22N4O5/c1-11-13-6-7-24(19(13)23-10-22-11)14-8-16(18(26)17(14)25)29-15-5-3-2-4-12(15)9-21-20(27)28/h2-7,10,14,16-18,21,25-26H,8-9H2,1H3,(H,27,28)/t14-,16+,17+,18-/m0/s1. The monoisotopic (exact) mass is 398 g/mol. The van der Waals surface area contributed by atoms with Gasteiger partial charge in [-0.1, -0.05) is 18.2 Å². The van der Waals surface area contributed by atoms with Gasteiger partial charge >= 0.3 is 6.09 Å². The van der Waals surface area contributed by atoms with Crippen LogP contribution in [-0.2, 0) is 6.54 Å². The van der Waals surface area contributed by atoms with Crippen molar-refractivity contribution in [3.05, 3.63) is 54.1 Å². The molecule has 9 nitrogen and oxygen atoms in total. The zero-order valence-electron chi connectivity index (χ0n) is 15.8. The third kappa shape index (κ3) is 3.62. The number of carbonyl (C=O) groups is 1. The lowest BCUT2D eigenvalue weighted by Gasteiger charge is -2.20. The van der Waals surface area contributed by atoms with Crippen LogP contribution >= 0.6 is 0 Å². The number of aliphatic hydroxyl groups excluding tert-OH is 2. The van der Waals surface area contributed by atoms with Crippen LogP contribution in [-0.4, -0.2) is 54.3 Å².